The van der Waals surface area contributed by atoms with Crippen molar-refractivity contribution in [1.29, 1.82) is 0 Å². The molecule has 0 spiro atoms. The fourth-order valence-corrected chi connectivity index (χ4v) is 3.11. The number of ketones is 1. The molecular weight excluding hydrogens is 348 g/mol. The highest BCUT2D eigenvalue weighted by Crippen LogP contribution is 2.32. The molecule has 132 valence electrons. The first-order valence-corrected chi connectivity index (χ1v) is 8.97. The van der Waals surface area contributed by atoms with Crippen LogP contribution in [0.3, 0.4) is 0 Å². The first-order chi connectivity index (χ1) is 12.7. The van der Waals surface area contributed by atoms with Crippen LogP contribution in [0.15, 0.2) is 65.7 Å². The number of thioether (sulfide) groups is 1. The van der Waals surface area contributed by atoms with Crippen molar-refractivity contribution >= 4 is 17.5 Å². The first-order valence-electron chi connectivity index (χ1n) is 7.98. The molecule has 0 saturated heterocycles. The van der Waals surface area contributed by atoms with Crippen molar-refractivity contribution in [2.75, 3.05) is 20.0 Å². The Bertz CT molecular complexity index is 883. The molecule has 0 N–H and O–H groups in total. The summed E-state index contributed by atoms with van der Waals surface area (Å²) in [6, 6.07) is 18.5. The molecule has 26 heavy (non-hydrogen) atoms. The summed E-state index contributed by atoms with van der Waals surface area (Å²) in [5, 5.41) is 9.17. The zero-order chi connectivity index (χ0) is 18.4. The molecule has 0 aliphatic heterocycles. The van der Waals surface area contributed by atoms with Crippen molar-refractivity contribution in [2.24, 2.45) is 0 Å². The van der Waals surface area contributed by atoms with Crippen molar-refractivity contribution < 1.29 is 14.3 Å². The van der Waals surface area contributed by atoms with E-state index in [0.717, 1.165) is 5.56 Å². The molecule has 0 amide bonds. The summed E-state index contributed by atoms with van der Waals surface area (Å²) in [5.41, 5.74) is 2.23. The number of carbonyl (C=O) groups excluding carboxylic acids is 1. The molecule has 2 aromatic carbocycles. The Kier molecular flexibility index (Phi) is 5.86. The predicted molar refractivity (Wildman–Crippen MR) is 102 cm³/mol. The second kappa shape index (κ2) is 8.49. The fraction of sp³-hybridized carbons (Fsp3) is 0.150. The number of nitrogens with zero attached hydrogens (tertiary/aromatic N) is 2. The smallest absolute Gasteiger partial charge is 0.173 e. The molecule has 6 heteroatoms. The van der Waals surface area contributed by atoms with Gasteiger partial charge >= 0.3 is 0 Å². The van der Waals surface area contributed by atoms with Gasteiger partial charge in [-0.15, -0.1) is 10.2 Å². The Morgan fingerprint density at radius 2 is 1.77 bits per heavy atom. The molecule has 1 aromatic heterocycles. The van der Waals surface area contributed by atoms with Crippen molar-refractivity contribution in [3.63, 3.8) is 0 Å². The molecule has 0 fully saturated rings. The van der Waals surface area contributed by atoms with Gasteiger partial charge < -0.3 is 9.47 Å². The molecule has 5 nitrogen and oxygen atoms in total. The van der Waals surface area contributed by atoms with Gasteiger partial charge in [-0.25, -0.2) is 0 Å². The molecule has 3 aromatic rings. The van der Waals surface area contributed by atoms with E-state index in [9.17, 15) is 4.79 Å². The van der Waals surface area contributed by atoms with E-state index in [1.165, 1.54) is 11.8 Å². The summed E-state index contributed by atoms with van der Waals surface area (Å²) in [7, 11) is 3.21. The Morgan fingerprint density at radius 1 is 0.962 bits per heavy atom. The number of ether oxygens (including phenoxy) is 2. The third kappa shape index (κ3) is 4.21. The normalized spacial score (nSPS) is 10.4. The van der Waals surface area contributed by atoms with Crippen LogP contribution in [0.25, 0.3) is 11.3 Å². The molecule has 0 aliphatic rings. The number of aromatic nitrogens is 2. The quantitative estimate of drug-likeness (QED) is 0.463. The Hall–Kier alpha value is -2.86. The standard InChI is InChI=1S/C20H18N2O3S/c1-24-15-8-9-16(19(12-15)25-2)17-10-11-20(22-21-17)26-13-18(23)14-6-4-3-5-7-14/h3-12H,13H2,1-2H3. The highest BCUT2D eigenvalue weighted by molar-refractivity contribution is 7.99. The SMILES string of the molecule is COc1ccc(-c2ccc(SCC(=O)c3ccccc3)nn2)c(OC)c1. The lowest BCUT2D eigenvalue weighted by Crippen LogP contribution is -2.02. The van der Waals surface area contributed by atoms with Crippen LogP contribution in [0.5, 0.6) is 11.5 Å². The first kappa shape index (κ1) is 17.9. The molecule has 1 heterocycles. The zero-order valence-electron chi connectivity index (χ0n) is 14.5. The van der Waals surface area contributed by atoms with Crippen molar-refractivity contribution in [3.8, 4) is 22.8 Å². The van der Waals surface area contributed by atoms with E-state index in [4.69, 9.17) is 9.47 Å². The Balaban J connectivity index is 1.70. The maximum absolute atomic E-state index is 12.2. The largest absolute Gasteiger partial charge is 0.497 e. The van der Waals surface area contributed by atoms with Crippen LogP contribution in [0.1, 0.15) is 10.4 Å². The minimum atomic E-state index is 0.0679. The van der Waals surface area contributed by atoms with Crippen molar-refractivity contribution in [2.45, 2.75) is 5.03 Å². The molecule has 3 rings (SSSR count). The van der Waals surface area contributed by atoms with E-state index in [-0.39, 0.29) is 5.78 Å². The number of carbonyl (C=O) groups is 1. The van der Waals surface area contributed by atoms with Gasteiger partial charge in [-0.2, -0.15) is 0 Å². The average Bonchev–Trinajstić information content (AvgIpc) is 2.72. The summed E-state index contributed by atoms with van der Waals surface area (Å²) in [6.45, 7) is 0. The third-order valence-electron chi connectivity index (χ3n) is 3.77. The van der Waals surface area contributed by atoms with Gasteiger partial charge in [-0.1, -0.05) is 42.1 Å². The van der Waals surface area contributed by atoms with Crippen LogP contribution in [-0.4, -0.2) is 36.0 Å². The van der Waals surface area contributed by atoms with Crippen LogP contribution in [0.2, 0.25) is 0 Å². The van der Waals surface area contributed by atoms with Crippen molar-refractivity contribution in [1.82, 2.24) is 10.2 Å². The number of methoxy groups -OCH3 is 2. The van der Waals surface area contributed by atoms with Gasteiger partial charge in [0.25, 0.3) is 0 Å². The molecule has 0 radical (unpaired) electrons. The monoisotopic (exact) mass is 366 g/mol. The summed E-state index contributed by atoms with van der Waals surface area (Å²) in [4.78, 5) is 12.2. The predicted octanol–water partition coefficient (Wildman–Crippen LogP) is 4.14. The van der Waals surface area contributed by atoms with Crippen LogP contribution in [0.4, 0.5) is 0 Å². The maximum Gasteiger partial charge on any atom is 0.173 e. The van der Waals surface area contributed by atoms with E-state index in [1.807, 2.05) is 54.6 Å². The minimum absolute atomic E-state index is 0.0679. The van der Waals surface area contributed by atoms with E-state index < -0.39 is 0 Å². The number of hydrogen-bond acceptors (Lipinski definition) is 6. The lowest BCUT2D eigenvalue weighted by atomic mass is 10.1. The number of Topliss-reactive ketones (excluding diaryl/α,β-unsaturated/α-hetero) is 1. The average molecular weight is 366 g/mol. The highest BCUT2D eigenvalue weighted by atomic mass is 32.2. The molecule has 0 atom stereocenters. The van der Waals surface area contributed by atoms with Crippen LogP contribution >= 0.6 is 11.8 Å². The second-order valence-electron chi connectivity index (χ2n) is 5.40. The molecule has 0 bridgehead atoms. The van der Waals surface area contributed by atoms with Gasteiger partial charge in [0.1, 0.15) is 16.5 Å². The van der Waals surface area contributed by atoms with E-state index in [0.29, 0.717) is 33.5 Å². The van der Waals surface area contributed by atoms with Gasteiger partial charge in [0.05, 0.1) is 25.7 Å². The number of benzene rings is 2. The molecule has 0 unspecified atom stereocenters. The van der Waals surface area contributed by atoms with E-state index in [2.05, 4.69) is 10.2 Å². The number of hydrogen-bond donors (Lipinski definition) is 0. The van der Waals surface area contributed by atoms with Crippen LogP contribution < -0.4 is 9.47 Å². The van der Waals surface area contributed by atoms with Crippen LogP contribution in [-0.2, 0) is 0 Å². The Morgan fingerprint density at radius 3 is 2.42 bits per heavy atom. The van der Waals surface area contributed by atoms with Gasteiger partial charge in [0.2, 0.25) is 0 Å². The van der Waals surface area contributed by atoms with Gasteiger partial charge in [-0.3, -0.25) is 4.79 Å². The fourth-order valence-electron chi connectivity index (χ4n) is 2.40. The summed E-state index contributed by atoms with van der Waals surface area (Å²) < 4.78 is 10.6. The maximum atomic E-state index is 12.2. The topological polar surface area (TPSA) is 61.3 Å². The summed E-state index contributed by atoms with van der Waals surface area (Å²) in [5.74, 6) is 1.77. The van der Waals surface area contributed by atoms with Gasteiger partial charge in [-0.05, 0) is 24.3 Å². The zero-order valence-corrected chi connectivity index (χ0v) is 15.3. The minimum Gasteiger partial charge on any atom is -0.497 e. The third-order valence-corrected chi connectivity index (χ3v) is 4.69. The lowest BCUT2D eigenvalue weighted by molar-refractivity contribution is 0.102. The molecule has 0 saturated carbocycles. The van der Waals surface area contributed by atoms with Crippen LogP contribution in [0, 0.1) is 0 Å². The van der Waals surface area contributed by atoms with E-state index in [1.54, 1.807) is 20.3 Å². The molecular formula is C20H18N2O3S. The second-order valence-corrected chi connectivity index (χ2v) is 6.40. The molecule has 0 aliphatic carbocycles. The van der Waals surface area contributed by atoms with Crippen molar-refractivity contribution in [3.05, 3.63) is 66.2 Å². The Labute approximate surface area is 156 Å². The van der Waals surface area contributed by atoms with Gasteiger partial charge in [0.15, 0.2) is 5.78 Å². The number of rotatable bonds is 7. The summed E-state index contributed by atoms with van der Waals surface area (Å²) in [6.07, 6.45) is 0. The van der Waals surface area contributed by atoms with E-state index >= 15 is 0 Å². The van der Waals surface area contributed by atoms with Gasteiger partial charge in [0, 0.05) is 17.2 Å². The summed E-state index contributed by atoms with van der Waals surface area (Å²) >= 11 is 1.37. The highest BCUT2D eigenvalue weighted by Gasteiger charge is 2.11. The lowest BCUT2D eigenvalue weighted by Gasteiger charge is -2.09.